The highest BCUT2D eigenvalue weighted by Gasteiger charge is 2.46. The molecule has 1 heterocycles. The van der Waals surface area contributed by atoms with Gasteiger partial charge in [0.2, 0.25) is 0 Å². The fourth-order valence-corrected chi connectivity index (χ4v) is 2.53. The predicted molar refractivity (Wildman–Crippen MR) is 47.6 cm³/mol. The Morgan fingerprint density at radius 1 is 1.36 bits per heavy atom. The van der Waals surface area contributed by atoms with E-state index in [2.05, 4.69) is 18.9 Å². The molecule has 0 bridgehead atoms. The second-order valence-corrected chi connectivity index (χ2v) is 4.52. The Labute approximate surface area is 69.8 Å². The zero-order chi connectivity index (χ0) is 7.90. The Morgan fingerprint density at radius 3 is 2.55 bits per heavy atom. The zero-order valence-corrected chi connectivity index (χ0v) is 7.77. The van der Waals surface area contributed by atoms with Crippen LogP contribution in [0.4, 0.5) is 0 Å². The molecule has 2 fully saturated rings. The largest absolute Gasteiger partial charge is 0.303 e. The molecule has 0 amide bonds. The van der Waals surface area contributed by atoms with Crippen LogP contribution in [0.2, 0.25) is 0 Å². The lowest BCUT2D eigenvalue weighted by Crippen LogP contribution is -2.41. The van der Waals surface area contributed by atoms with Gasteiger partial charge in [0.15, 0.2) is 0 Å². The van der Waals surface area contributed by atoms with E-state index >= 15 is 0 Å². The van der Waals surface area contributed by atoms with E-state index in [0.717, 1.165) is 11.5 Å². The summed E-state index contributed by atoms with van der Waals surface area (Å²) in [6, 6.07) is 0.890. The highest BCUT2D eigenvalue weighted by molar-refractivity contribution is 4.99. The van der Waals surface area contributed by atoms with E-state index in [9.17, 15) is 0 Å². The Morgan fingerprint density at radius 2 is 2.09 bits per heavy atom. The first-order valence-corrected chi connectivity index (χ1v) is 4.96. The normalized spacial score (nSPS) is 36.0. The summed E-state index contributed by atoms with van der Waals surface area (Å²) in [6.07, 6.45) is 7.32. The zero-order valence-electron chi connectivity index (χ0n) is 7.77. The summed E-state index contributed by atoms with van der Waals surface area (Å²) >= 11 is 0. The molecule has 1 unspecified atom stereocenters. The monoisotopic (exact) mass is 153 g/mol. The van der Waals surface area contributed by atoms with Crippen molar-refractivity contribution in [2.75, 3.05) is 13.6 Å². The average Bonchev–Trinajstić information content (AvgIpc) is 2.70. The fourth-order valence-electron chi connectivity index (χ4n) is 2.53. The molecule has 11 heavy (non-hydrogen) atoms. The number of piperidine rings is 1. The van der Waals surface area contributed by atoms with Gasteiger partial charge in [-0.15, -0.1) is 0 Å². The smallest absolute Gasteiger partial charge is 0.00900 e. The van der Waals surface area contributed by atoms with Gasteiger partial charge in [0.05, 0.1) is 0 Å². The third-order valence-corrected chi connectivity index (χ3v) is 3.64. The molecule has 2 rings (SSSR count). The number of likely N-dealkylation sites (tertiary alicyclic amines) is 1. The van der Waals surface area contributed by atoms with Crippen molar-refractivity contribution < 1.29 is 0 Å². The molecule has 0 aromatic carbocycles. The van der Waals surface area contributed by atoms with Crippen LogP contribution >= 0.6 is 0 Å². The highest BCUT2D eigenvalue weighted by atomic mass is 15.1. The van der Waals surface area contributed by atoms with Gasteiger partial charge in [-0.25, -0.2) is 0 Å². The predicted octanol–water partition coefficient (Wildman–Crippen LogP) is 2.27. The molecule has 64 valence electrons. The van der Waals surface area contributed by atoms with Gasteiger partial charge in [-0.3, -0.25) is 0 Å². The third-order valence-electron chi connectivity index (χ3n) is 3.64. The number of rotatable bonds is 1. The molecule has 0 radical (unpaired) electrons. The lowest BCUT2D eigenvalue weighted by atomic mass is 9.90. The Balaban J connectivity index is 1.94. The minimum absolute atomic E-state index is 0.806. The fraction of sp³-hybridized carbons (Fsp3) is 1.00. The molecule has 0 N–H and O–H groups in total. The SMILES string of the molecule is CCC1CCC2(CC2)CN1C. The molecule has 2 aliphatic rings. The van der Waals surface area contributed by atoms with Gasteiger partial charge in [0.1, 0.15) is 0 Å². The maximum absolute atomic E-state index is 2.58. The van der Waals surface area contributed by atoms with Crippen LogP contribution in [0.15, 0.2) is 0 Å². The minimum Gasteiger partial charge on any atom is -0.303 e. The molecule has 1 saturated heterocycles. The van der Waals surface area contributed by atoms with Crippen molar-refractivity contribution in [2.24, 2.45) is 5.41 Å². The summed E-state index contributed by atoms with van der Waals surface area (Å²) in [7, 11) is 2.30. The Bertz CT molecular complexity index is 149. The molecule has 1 heteroatoms. The first kappa shape index (κ1) is 7.60. The van der Waals surface area contributed by atoms with E-state index in [1.165, 1.54) is 38.6 Å². The lowest BCUT2D eigenvalue weighted by Gasteiger charge is -2.37. The first-order valence-electron chi connectivity index (χ1n) is 4.96. The van der Waals surface area contributed by atoms with Crippen LogP contribution < -0.4 is 0 Å². The summed E-state index contributed by atoms with van der Waals surface area (Å²) in [5.74, 6) is 0. The molecule has 1 saturated carbocycles. The maximum atomic E-state index is 2.58. The van der Waals surface area contributed by atoms with Crippen molar-refractivity contribution in [3.8, 4) is 0 Å². The highest BCUT2D eigenvalue weighted by Crippen LogP contribution is 2.52. The van der Waals surface area contributed by atoms with Crippen molar-refractivity contribution in [3.05, 3.63) is 0 Å². The van der Waals surface area contributed by atoms with E-state index in [1.54, 1.807) is 0 Å². The molecule has 1 spiro atoms. The van der Waals surface area contributed by atoms with Crippen LogP contribution in [0.25, 0.3) is 0 Å². The van der Waals surface area contributed by atoms with Crippen molar-refractivity contribution in [3.63, 3.8) is 0 Å². The summed E-state index contributed by atoms with van der Waals surface area (Å²) in [4.78, 5) is 2.58. The summed E-state index contributed by atoms with van der Waals surface area (Å²) in [5, 5.41) is 0. The van der Waals surface area contributed by atoms with Crippen molar-refractivity contribution in [2.45, 2.75) is 45.1 Å². The van der Waals surface area contributed by atoms with Gasteiger partial charge in [-0.1, -0.05) is 6.92 Å². The average molecular weight is 153 g/mol. The van der Waals surface area contributed by atoms with Crippen molar-refractivity contribution in [1.82, 2.24) is 4.90 Å². The molecule has 1 aliphatic heterocycles. The molecule has 1 atom stereocenters. The van der Waals surface area contributed by atoms with Crippen LogP contribution in [-0.2, 0) is 0 Å². The van der Waals surface area contributed by atoms with Gasteiger partial charge in [-0.05, 0) is 44.6 Å². The summed E-state index contributed by atoms with van der Waals surface area (Å²) in [6.45, 7) is 3.69. The molecular weight excluding hydrogens is 134 g/mol. The van der Waals surface area contributed by atoms with Crippen LogP contribution in [0.3, 0.4) is 0 Å². The number of nitrogens with zero attached hydrogens (tertiary/aromatic N) is 1. The second-order valence-electron chi connectivity index (χ2n) is 4.52. The molecule has 0 aromatic heterocycles. The van der Waals surface area contributed by atoms with E-state index in [1.807, 2.05) is 0 Å². The van der Waals surface area contributed by atoms with E-state index in [4.69, 9.17) is 0 Å². The number of hydrogen-bond acceptors (Lipinski definition) is 1. The van der Waals surface area contributed by atoms with E-state index in [-0.39, 0.29) is 0 Å². The minimum atomic E-state index is 0.806. The molecule has 1 nitrogen and oxygen atoms in total. The Kier molecular flexibility index (Phi) is 1.71. The Hall–Kier alpha value is -0.0400. The topological polar surface area (TPSA) is 3.24 Å². The van der Waals surface area contributed by atoms with Gasteiger partial charge >= 0.3 is 0 Å². The first-order chi connectivity index (χ1) is 5.26. The van der Waals surface area contributed by atoms with Crippen LogP contribution in [0.5, 0.6) is 0 Å². The second kappa shape index (κ2) is 2.48. The van der Waals surface area contributed by atoms with Crippen molar-refractivity contribution in [1.29, 1.82) is 0 Å². The van der Waals surface area contributed by atoms with Gasteiger partial charge in [0, 0.05) is 12.6 Å². The molecule has 0 aromatic rings. The van der Waals surface area contributed by atoms with E-state index < -0.39 is 0 Å². The van der Waals surface area contributed by atoms with Gasteiger partial charge in [-0.2, -0.15) is 0 Å². The lowest BCUT2D eigenvalue weighted by molar-refractivity contribution is 0.122. The molecule has 1 aliphatic carbocycles. The standard InChI is InChI=1S/C10H19N/c1-3-9-4-5-10(6-7-10)8-11(9)2/h9H,3-8H2,1-2H3. The van der Waals surface area contributed by atoms with Gasteiger partial charge < -0.3 is 4.90 Å². The van der Waals surface area contributed by atoms with Crippen molar-refractivity contribution >= 4 is 0 Å². The summed E-state index contributed by atoms with van der Waals surface area (Å²) in [5.41, 5.74) is 0.806. The van der Waals surface area contributed by atoms with E-state index in [0.29, 0.717) is 0 Å². The van der Waals surface area contributed by atoms with Crippen LogP contribution in [0, 0.1) is 5.41 Å². The summed E-state index contributed by atoms with van der Waals surface area (Å²) < 4.78 is 0. The quantitative estimate of drug-likeness (QED) is 0.558. The third kappa shape index (κ3) is 1.31. The van der Waals surface area contributed by atoms with Crippen LogP contribution in [0.1, 0.15) is 39.0 Å². The van der Waals surface area contributed by atoms with Gasteiger partial charge in [0.25, 0.3) is 0 Å². The maximum Gasteiger partial charge on any atom is 0.00900 e. The van der Waals surface area contributed by atoms with Crippen LogP contribution in [-0.4, -0.2) is 24.5 Å². The number of hydrogen-bond donors (Lipinski definition) is 0. The molecular formula is C10H19N.